The van der Waals surface area contributed by atoms with E-state index in [0.717, 1.165) is 38.5 Å². The molecule has 3 rings (SSSR count). The average molecular weight is 365 g/mol. The maximum Gasteiger partial charge on any atom is 0.329 e. The molecular weight excluding hydrogens is 338 g/mol. The van der Waals surface area contributed by atoms with Crippen molar-refractivity contribution in [3.8, 4) is 0 Å². The number of nitrogens with zero attached hydrogens (tertiary/aromatic N) is 3. The van der Waals surface area contributed by atoms with Gasteiger partial charge >= 0.3 is 5.69 Å². The van der Waals surface area contributed by atoms with Crippen molar-refractivity contribution in [3.05, 3.63) is 16.3 Å². The van der Waals surface area contributed by atoms with E-state index in [-0.39, 0.29) is 36.3 Å². The number of aliphatic hydroxyl groups is 1. The first-order valence-corrected chi connectivity index (χ1v) is 9.32. The zero-order valence-electron chi connectivity index (χ0n) is 15.1. The van der Waals surface area contributed by atoms with Crippen molar-refractivity contribution in [2.24, 2.45) is 5.92 Å². The highest BCUT2D eigenvalue weighted by Crippen LogP contribution is 2.29. The van der Waals surface area contributed by atoms with Crippen LogP contribution in [0.2, 0.25) is 0 Å². The van der Waals surface area contributed by atoms with E-state index in [1.807, 2.05) is 6.92 Å². The lowest BCUT2D eigenvalue weighted by atomic mass is 9.86. The Morgan fingerprint density at radius 1 is 1.27 bits per heavy atom. The van der Waals surface area contributed by atoms with Crippen LogP contribution in [0.3, 0.4) is 0 Å². The number of hydrogen-bond acceptors (Lipinski definition) is 8. The molecule has 0 amide bonds. The van der Waals surface area contributed by atoms with Crippen molar-refractivity contribution >= 4 is 17.5 Å². The molecule has 0 unspecified atom stereocenters. The summed E-state index contributed by atoms with van der Waals surface area (Å²) in [5.74, 6) is 1.00. The van der Waals surface area contributed by atoms with E-state index in [1.165, 1.54) is 6.20 Å². The van der Waals surface area contributed by atoms with Gasteiger partial charge < -0.3 is 20.5 Å². The molecule has 3 N–H and O–H groups in total. The minimum Gasteiger partial charge on any atom is -0.396 e. The molecule has 144 valence electrons. The topological polar surface area (TPSA) is 122 Å². The fourth-order valence-electron chi connectivity index (χ4n) is 3.68. The van der Waals surface area contributed by atoms with Crippen molar-refractivity contribution < 1.29 is 14.8 Å². The van der Waals surface area contributed by atoms with Gasteiger partial charge in [-0.1, -0.05) is 0 Å². The van der Waals surface area contributed by atoms with E-state index in [2.05, 4.69) is 20.6 Å². The van der Waals surface area contributed by atoms with E-state index in [0.29, 0.717) is 18.5 Å². The second kappa shape index (κ2) is 8.59. The Kier molecular flexibility index (Phi) is 6.20. The molecule has 9 heteroatoms. The fourth-order valence-corrected chi connectivity index (χ4v) is 3.68. The molecule has 0 radical (unpaired) electrons. The molecule has 2 atom stereocenters. The lowest BCUT2D eigenvalue weighted by Gasteiger charge is -2.29. The quantitative estimate of drug-likeness (QED) is 0.518. The summed E-state index contributed by atoms with van der Waals surface area (Å²) in [7, 11) is 0. The standard InChI is InChI=1S/C17H27N5O4/c1-11-8-14(6-7-26-11)20-17-18-9-15(22(24)25)16(21-17)19-13-4-2-12(10-23)3-5-13/h9,11-14,23H,2-8,10H2,1H3,(H2,18,19,20,21)/t11-,12?,13?,14-/m0/s1. The van der Waals surface area contributed by atoms with Crippen LogP contribution in [0.5, 0.6) is 0 Å². The molecule has 0 aromatic carbocycles. The van der Waals surface area contributed by atoms with Crippen LogP contribution in [0.15, 0.2) is 6.20 Å². The largest absolute Gasteiger partial charge is 0.396 e. The first-order valence-electron chi connectivity index (χ1n) is 9.32. The van der Waals surface area contributed by atoms with Gasteiger partial charge in [0, 0.05) is 25.3 Å². The van der Waals surface area contributed by atoms with Crippen molar-refractivity contribution in [2.75, 3.05) is 23.8 Å². The van der Waals surface area contributed by atoms with Crippen LogP contribution >= 0.6 is 0 Å². The third kappa shape index (κ3) is 4.79. The molecule has 26 heavy (non-hydrogen) atoms. The van der Waals surface area contributed by atoms with E-state index < -0.39 is 4.92 Å². The van der Waals surface area contributed by atoms with Gasteiger partial charge in [0.1, 0.15) is 6.20 Å². The summed E-state index contributed by atoms with van der Waals surface area (Å²) in [5.41, 5.74) is -0.111. The first-order chi connectivity index (χ1) is 12.5. The van der Waals surface area contributed by atoms with Crippen molar-refractivity contribution in [1.29, 1.82) is 0 Å². The lowest BCUT2D eigenvalue weighted by molar-refractivity contribution is -0.384. The summed E-state index contributed by atoms with van der Waals surface area (Å²) in [4.78, 5) is 19.4. The van der Waals surface area contributed by atoms with Gasteiger partial charge in [0.2, 0.25) is 11.8 Å². The summed E-state index contributed by atoms with van der Waals surface area (Å²) in [6.45, 7) is 2.92. The molecule has 2 aliphatic rings. The zero-order chi connectivity index (χ0) is 18.5. The molecule has 1 saturated heterocycles. The van der Waals surface area contributed by atoms with Crippen molar-refractivity contribution in [1.82, 2.24) is 9.97 Å². The Bertz CT molecular complexity index is 621. The van der Waals surface area contributed by atoms with Crippen LogP contribution < -0.4 is 10.6 Å². The van der Waals surface area contributed by atoms with Gasteiger partial charge in [0.15, 0.2) is 0 Å². The van der Waals surface area contributed by atoms with Gasteiger partial charge in [0.05, 0.1) is 11.0 Å². The highest BCUT2D eigenvalue weighted by molar-refractivity contribution is 5.57. The monoisotopic (exact) mass is 365 g/mol. The Morgan fingerprint density at radius 3 is 2.69 bits per heavy atom. The molecule has 0 spiro atoms. The van der Waals surface area contributed by atoms with Crippen LogP contribution in [0.4, 0.5) is 17.5 Å². The third-order valence-corrected chi connectivity index (χ3v) is 5.23. The molecule has 1 aliphatic heterocycles. The second-order valence-corrected chi connectivity index (χ2v) is 7.28. The zero-order valence-corrected chi connectivity index (χ0v) is 15.1. The number of nitrogens with one attached hydrogen (secondary N) is 2. The van der Waals surface area contributed by atoms with Crippen LogP contribution in [-0.4, -0.2) is 51.4 Å². The average Bonchev–Trinajstić information content (AvgIpc) is 2.62. The highest BCUT2D eigenvalue weighted by atomic mass is 16.6. The molecule has 9 nitrogen and oxygen atoms in total. The number of ether oxygens (including phenoxy) is 1. The van der Waals surface area contributed by atoms with Gasteiger partial charge in [-0.05, 0) is 51.4 Å². The van der Waals surface area contributed by atoms with Crippen molar-refractivity contribution in [2.45, 2.75) is 63.6 Å². The summed E-state index contributed by atoms with van der Waals surface area (Å²) < 4.78 is 5.54. The Hall–Kier alpha value is -2.00. The maximum absolute atomic E-state index is 11.3. The molecule has 2 heterocycles. The number of anilines is 2. The molecular formula is C17H27N5O4. The van der Waals surface area contributed by atoms with Gasteiger partial charge in [-0.15, -0.1) is 0 Å². The minimum atomic E-state index is -0.456. The smallest absolute Gasteiger partial charge is 0.329 e. The van der Waals surface area contributed by atoms with Gasteiger partial charge in [-0.2, -0.15) is 4.98 Å². The number of rotatable bonds is 6. The van der Waals surface area contributed by atoms with Crippen LogP contribution in [0.25, 0.3) is 0 Å². The molecule has 1 aromatic rings. The SMILES string of the molecule is C[C@H]1C[C@@H](Nc2ncc([N+](=O)[O-])c(NC3CCC(CO)CC3)n2)CCO1. The maximum atomic E-state index is 11.3. The van der Waals surface area contributed by atoms with Crippen LogP contribution in [0.1, 0.15) is 45.4 Å². The highest BCUT2D eigenvalue weighted by Gasteiger charge is 2.26. The number of hydrogen-bond donors (Lipinski definition) is 3. The van der Waals surface area contributed by atoms with Gasteiger partial charge in [-0.25, -0.2) is 4.98 Å². The number of aromatic nitrogens is 2. The Morgan fingerprint density at radius 2 is 2.04 bits per heavy atom. The van der Waals surface area contributed by atoms with Gasteiger partial charge in [0.25, 0.3) is 0 Å². The van der Waals surface area contributed by atoms with Crippen LogP contribution in [-0.2, 0) is 4.74 Å². The van der Waals surface area contributed by atoms with E-state index in [4.69, 9.17) is 4.74 Å². The summed E-state index contributed by atoms with van der Waals surface area (Å²) in [5, 5.41) is 27.1. The van der Waals surface area contributed by atoms with E-state index in [9.17, 15) is 15.2 Å². The number of aliphatic hydroxyl groups excluding tert-OH is 1. The molecule has 1 saturated carbocycles. The normalized spacial score (nSPS) is 29.2. The van der Waals surface area contributed by atoms with E-state index in [1.54, 1.807) is 0 Å². The Labute approximate surface area is 152 Å². The molecule has 1 aliphatic carbocycles. The van der Waals surface area contributed by atoms with Crippen LogP contribution in [0, 0.1) is 16.0 Å². The summed E-state index contributed by atoms with van der Waals surface area (Å²) >= 11 is 0. The summed E-state index contributed by atoms with van der Waals surface area (Å²) in [6.07, 6.45) is 6.72. The first kappa shape index (κ1) is 18.8. The second-order valence-electron chi connectivity index (χ2n) is 7.28. The van der Waals surface area contributed by atoms with E-state index >= 15 is 0 Å². The van der Waals surface area contributed by atoms with Crippen molar-refractivity contribution in [3.63, 3.8) is 0 Å². The predicted octanol–water partition coefficient (Wildman–Crippen LogP) is 2.33. The molecule has 2 fully saturated rings. The molecule has 1 aromatic heterocycles. The fraction of sp³-hybridized carbons (Fsp3) is 0.765. The third-order valence-electron chi connectivity index (χ3n) is 5.23. The lowest BCUT2D eigenvalue weighted by Crippen LogP contribution is -2.33. The minimum absolute atomic E-state index is 0.111. The van der Waals surface area contributed by atoms with Gasteiger partial charge in [-0.3, -0.25) is 10.1 Å². The number of nitro groups is 1. The Balaban J connectivity index is 1.69. The summed E-state index contributed by atoms with van der Waals surface area (Å²) in [6, 6.07) is 0.329. The molecule has 0 bridgehead atoms. The predicted molar refractivity (Wildman–Crippen MR) is 97.2 cm³/mol.